The lowest BCUT2D eigenvalue weighted by Gasteiger charge is -2.18. The molecule has 0 saturated heterocycles. The molecule has 138 valence electrons. The molecule has 0 atom stereocenters. The summed E-state index contributed by atoms with van der Waals surface area (Å²) in [7, 11) is 2.24. The van der Waals surface area contributed by atoms with Crippen LogP contribution in [0.1, 0.15) is 65.3 Å². The van der Waals surface area contributed by atoms with Gasteiger partial charge in [-0.05, 0) is 119 Å². The molecule has 0 fully saturated rings. The summed E-state index contributed by atoms with van der Waals surface area (Å²) < 4.78 is 2.44. The van der Waals surface area contributed by atoms with Crippen LogP contribution in [0.25, 0.3) is 27.4 Å². The van der Waals surface area contributed by atoms with E-state index in [1.807, 2.05) is 0 Å². The van der Waals surface area contributed by atoms with E-state index in [1.54, 1.807) is 0 Å². The fraction of sp³-hybridized carbons (Fsp3) is 0.440. The van der Waals surface area contributed by atoms with Gasteiger partial charge in [-0.3, -0.25) is 0 Å². The number of hydrogen-bond acceptors (Lipinski definition) is 0. The van der Waals surface area contributed by atoms with Gasteiger partial charge in [0.25, 0.3) is 0 Å². The molecule has 0 aliphatic rings. The lowest BCUT2D eigenvalue weighted by atomic mass is 9.86. The second kappa shape index (κ2) is 6.01. The predicted octanol–water partition coefficient (Wildman–Crippen LogP) is 7.30. The van der Waals surface area contributed by atoms with Crippen molar-refractivity contribution in [1.29, 1.82) is 0 Å². The van der Waals surface area contributed by atoms with Crippen molar-refractivity contribution < 1.29 is 0 Å². The van der Waals surface area contributed by atoms with Crippen LogP contribution in [-0.2, 0) is 7.05 Å². The summed E-state index contributed by atoms with van der Waals surface area (Å²) in [6, 6.07) is 0. The van der Waals surface area contributed by atoms with Crippen molar-refractivity contribution in [2.45, 2.75) is 69.2 Å². The lowest BCUT2D eigenvalue weighted by Crippen LogP contribution is -2.00. The van der Waals surface area contributed by atoms with Gasteiger partial charge in [0.1, 0.15) is 0 Å². The topological polar surface area (TPSA) is 4.93 Å². The Morgan fingerprint density at radius 3 is 1.46 bits per heavy atom. The second-order valence-electron chi connectivity index (χ2n) is 8.38. The molecule has 0 bridgehead atoms. The van der Waals surface area contributed by atoms with Crippen LogP contribution in [0.3, 0.4) is 0 Å². The molecule has 3 rings (SSSR count). The molecule has 0 aliphatic carbocycles. The zero-order valence-electron chi connectivity index (χ0n) is 18.4. The molecule has 3 aromatic rings. The van der Waals surface area contributed by atoms with Crippen molar-refractivity contribution >= 4 is 27.4 Å². The van der Waals surface area contributed by atoms with E-state index in [4.69, 9.17) is 0 Å². The van der Waals surface area contributed by atoms with Gasteiger partial charge in [-0.1, -0.05) is 5.57 Å². The van der Waals surface area contributed by atoms with Crippen LogP contribution < -0.4 is 0 Å². The first-order valence-electron chi connectivity index (χ1n) is 9.64. The molecule has 0 N–H and O–H groups in total. The van der Waals surface area contributed by atoms with Crippen LogP contribution in [0.15, 0.2) is 5.57 Å². The van der Waals surface area contributed by atoms with Gasteiger partial charge >= 0.3 is 0 Å². The van der Waals surface area contributed by atoms with Gasteiger partial charge in [-0.2, -0.15) is 0 Å². The van der Waals surface area contributed by atoms with Gasteiger partial charge < -0.3 is 4.57 Å². The molecule has 26 heavy (non-hydrogen) atoms. The van der Waals surface area contributed by atoms with E-state index in [0.29, 0.717) is 0 Å². The van der Waals surface area contributed by atoms with E-state index < -0.39 is 0 Å². The SMILES string of the molecule is CC(C)=C(C)c1c(C)c(C)c2c(c1C)c1c(C)c(C)c(C)c(C)c1n2C. The summed E-state index contributed by atoms with van der Waals surface area (Å²) in [4.78, 5) is 0. The van der Waals surface area contributed by atoms with Gasteiger partial charge in [0, 0.05) is 17.8 Å². The van der Waals surface area contributed by atoms with E-state index in [9.17, 15) is 0 Å². The average molecular weight is 348 g/mol. The Morgan fingerprint density at radius 1 is 0.538 bits per heavy atom. The lowest BCUT2D eigenvalue weighted by molar-refractivity contribution is 0.995. The number of aryl methyl sites for hydroxylation is 5. The van der Waals surface area contributed by atoms with Crippen molar-refractivity contribution in [2.75, 3.05) is 0 Å². The normalized spacial score (nSPS) is 11.7. The smallest absolute Gasteiger partial charge is 0.0524 e. The number of nitrogens with zero attached hydrogens (tertiary/aromatic N) is 1. The zero-order valence-corrected chi connectivity index (χ0v) is 18.4. The summed E-state index contributed by atoms with van der Waals surface area (Å²) in [6.45, 7) is 22.7. The summed E-state index contributed by atoms with van der Waals surface area (Å²) in [5.41, 5.74) is 17.0. The predicted molar refractivity (Wildman–Crippen MR) is 118 cm³/mol. The van der Waals surface area contributed by atoms with Crippen LogP contribution in [0.2, 0.25) is 0 Å². The Morgan fingerprint density at radius 2 is 0.962 bits per heavy atom. The maximum Gasteiger partial charge on any atom is 0.0524 e. The Balaban J connectivity index is 2.76. The monoisotopic (exact) mass is 347 g/mol. The third-order valence-corrected chi connectivity index (χ3v) is 6.98. The van der Waals surface area contributed by atoms with Gasteiger partial charge in [0.15, 0.2) is 0 Å². The molecular formula is C25H33N. The van der Waals surface area contributed by atoms with E-state index in [1.165, 1.54) is 77.5 Å². The first kappa shape index (κ1) is 18.8. The standard InChI is InChI=1S/C25H33N/c1-12(2)13(3)21-17(7)19(9)25-23(20(21)10)22-16(6)14(4)15(5)18(8)24(22)26(25)11/h1-11H3. The van der Waals surface area contributed by atoms with Crippen molar-refractivity contribution in [3.8, 4) is 0 Å². The quantitative estimate of drug-likeness (QED) is 0.435. The zero-order chi connectivity index (χ0) is 19.7. The minimum atomic E-state index is 1.40. The molecule has 1 nitrogen and oxygen atoms in total. The first-order chi connectivity index (χ1) is 12.0. The molecule has 2 aromatic carbocycles. The highest BCUT2D eigenvalue weighted by molar-refractivity contribution is 6.15. The highest BCUT2D eigenvalue weighted by Gasteiger charge is 2.23. The maximum atomic E-state index is 2.44. The summed E-state index contributed by atoms with van der Waals surface area (Å²) in [5, 5.41) is 2.90. The molecule has 1 heteroatoms. The van der Waals surface area contributed by atoms with E-state index in [-0.39, 0.29) is 0 Å². The van der Waals surface area contributed by atoms with Crippen molar-refractivity contribution in [1.82, 2.24) is 4.57 Å². The van der Waals surface area contributed by atoms with Gasteiger partial charge in [0.2, 0.25) is 0 Å². The molecule has 0 saturated carbocycles. The van der Waals surface area contributed by atoms with E-state index in [0.717, 1.165) is 0 Å². The number of hydrogen-bond donors (Lipinski definition) is 0. The minimum absolute atomic E-state index is 1.40. The van der Waals surface area contributed by atoms with Crippen LogP contribution in [-0.4, -0.2) is 4.57 Å². The fourth-order valence-electron chi connectivity index (χ4n) is 4.80. The molecule has 0 spiro atoms. The number of allylic oxidation sites excluding steroid dienone is 2. The Kier molecular flexibility index (Phi) is 4.34. The van der Waals surface area contributed by atoms with Gasteiger partial charge in [-0.25, -0.2) is 0 Å². The summed E-state index contributed by atoms with van der Waals surface area (Å²) in [6.07, 6.45) is 0. The molecule has 0 aliphatic heterocycles. The summed E-state index contributed by atoms with van der Waals surface area (Å²) >= 11 is 0. The second-order valence-corrected chi connectivity index (χ2v) is 8.38. The average Bonchev–Trinajstić information content (AvgIpc) is 2.89. The Labute approximate surface area is 158 Å². The van der Waals surface area contributed by atoms with Crippen molar-refractivity contribution in [2.24, 2.45) is 7.05 Å². The molecule has 0 radical (unpaired) electrons. The Hall–Kier alpha value is -2.02. The van der Waals surface area contributed by atoms with Crippen LogP contribution in [0.4, 0.5) is 0 Å². The first-order valence-corrected chi connectivity index (χ1v) is 9.64. The van der Waals surface area contributed by atoms with Gasteiger partial charge in [0.05, 0.1) is 11.0 Å². The highest BCUT2D eigenvalue weighted by atomic mass is 14.9. The molecule has 1 heterocycles. The minimum Gasteiger partial charge on any atom is -0.343 e. The van der Waals surface area contributed by atoms with Crippen LogP contribution in [0, 0.1) is 48.5 Å². The number of rotatable bonds is 1. The number of aromatic nitrogens is 1. The highest BCUT2D eigenvalue weighted by Crippen LogP contribution is 2.43. The molecular weight excluding hydrogens is 314 g/mol. The maximum absolute atomic E-state index is 2.44. The third kappa shape index (κ3) is 2.22. The summed E-state index contributed by atoms with van der Waals surface area (Å²) in [5.74, 6) is 0. The number of fused-ring (bicyclic) bond motifs is 3. The van der Waals surface area contributed by atoms with Crippen molar-refractivity contribution in [3.05, 3.63) is 50.1 Å². The van der Waals surface area contributed by atoms with Gasteiger partial charge in [-0.15, -0.1) is 0 Å². The third-order valence-electron chi connectivity index (χ3n) is 6.98. The van der Waals surface area contributed by atoms with E-state index >= 15 is 0 Å². The largest absolute Gasteiger partial charge is 0.343 e. The van der Waals surface area contributed by atoms with Crippen molar-refractivity contribution in [3.63, 3.8) is 0 Å². The van der Waals surface area contributed by atoms with Crippen LogP contribution >= 0.6 is 0 Å². The fourth-order valence-corrected chi connectivity index (χ4v) is 4.80. The Bertz CT molecular complexity index is 1110. The number of benzene rings is 2. The van der Waals surface area contributed by atoms with E-state index in [2.05, 4.69) is 80.9 Å². The molecule has 0 amide bonds. The molecule has 1 aromatic heterocycles. The molecule has 0 unspecified atom stereocenters. The van der Waals surface area contributed by atoms with Crippen LogP contribution in [0.5, 0.6) is 0 Å².